The largest absolute Gasteiger partial charge is 0.207 e. The SMILES string of the molecule is Cc1ccc(C#Cc2ccc(C#Cc3c(C)cc(CC4CCC(C)CC4)cc3C)cc2)cc1F. The van der Waals surface area contributed by atoms with Gasteiger partial charge in [0.15, 0.2) is 0 Å². The van der Waals surface area contributed by atoms with Gasteiger partial charge in [-0.15, -0.1) is 0 Å². The number of rotatable bonds is 2. The van der Waals surface area contributed by atoms with Crippen molar-refractivity contribution < 1.29 is 4.39 Å². The minimum absolute atomic E-state index is 0.223. The number of hydrogen-bond acceptors (Lipinski definition) is 0. The summed E-state index contributed by atoms with van der Waals surface area (Å²) in [4.78, 5) is 0. The fourth-order valence-corrected chi connectivity index (χ4v) is 4.82. The highest BCUT2D eigenvalue weighted by molar-refractivity contribution is 5.52. The topological polar surface area (TPSA) is 0 Å². The molecule has 3 aromatic carbocycles. The van der Waals surface area contributed by atoms with E-state index < -0.39 is 0 Å². The van der Waals surface area contributed by atoms with Gasteiger partial charge in [-0.1, -0.05) is 61.6 Å². The van der Waals surface area contributed by atoms with Gasteiger partial charge < -0.3 is 0 Å². The molecule has 1 heteroatoms. The van der Waals surface area contributed by atoms with E-state index in [9.17, 15) is 4.39 Å². The van der Waals surface area contributed by atoms with Crippen LogP contribution in [0.15, 0.2) is 54.6 Å². The molecule has 1 saturated carbocycles. The third kappa shape index (κ3) is 6.18. The van der Waals surface area contributed by atoms with Crippen LogP contribution < -0.4 is 0 Å². The van der Waals surface area contributed by atoms with Crippen molar-refractivity contribution in [3.8, 4) is 23.7 Å². The summed E-state index contributed by atoms with van der Waals surface area (Å²) in [5, 5.41) is 0. The van der Waals surface area contributed by atoms with E-state index in [1.54, 1.807) is 13.0 Å². The van der Waals surface area contributed by atoms with E-state index in [4.69, 9.17) is 0 Å². The van der Waals surface area contributed by atoms with Gasteiger partial charge in [-0.2, -0.15) is 0 Å². The summed E-state index contributed by atoms with van der Waals surface area (Å²) in [6, 6.07) is 17.7. The van der Waals surface area contributed by atoms with Crippen LogP contribution in [0.4, 0.5) is 4.39 Å². The minimum Gasteiger partial charge on any atom is -0.207 e. The van der Waals surface area contributed by atoms with Crippen LogP contribution in [0.3, 0.4) is 0 Å². The molecule has 0 radical (unpaired) electrons. The van der Waals surface area contributed by atoms with Crippen molar-refractivity contribution >= 4 is 0 Å². The first-order valence-corrected chi connectivity index (χ1v) is 12.4. The monoisotopic (exact) mass is 448 g/mol. The Hall–Kier alpha value is -3.29. The fraction of sp³-hybridized carbons (Fsp3) is 0.333. The van der Waals surface area contributed by atoms with Crippen molar-refractivity contribution in [3.63, 3.8) is 0 Å². The maximum Gasteiger partial charge on any atom is 0.127 e. The molecular weight excluding hydrogens is 415 g/mol. The molecule has 0 heterocycles. The van der Waals surface area contributed by atoms with E-state index in [0.717, 1.165) is 28.5 Å². The van der Waals surface area contributed by atoms with E-state index in [-0.39, 0.29) is 5.82 Å². The number of hydrogen-bond donors (Lipinski definition) is 0. The molecule has 0 nitrogen and oxygen atoms in total. The lowest BCUT2D eigenvalue weighted by atomic mass is 9.79. The summed E-state index contributed by atoms with van der Waals surface area (Å²) in [5.74, 6) is 14.4. The zero-order chi connectivity index (χ0) is 24.1. The van der Waals surface area contributed by atoms with E-state index >= 15 is 0 Å². The molecule has 0 aliphatic heterocycles. The lowest BCUT2D eigenvalue weighted by molar-refractivity contribution is 0.289. The van der Waals surface area contributed by atoms with Crippen molar-refractivity contribution in [2.24, 2.45) is 11.8 Å². The third-order valence-corrected chi connectivity index (χ3v) is 6.99. The second-order valence-electron chi connectivity index (χ2n) is 9.98. The Balaban J connectivity index is 1.44. The van der Waals surface area contributed by atoms with Crippen molar-refractivity contribution in [2.45, 2.75) is 59.8 Å². The standard InChI is InChI=1S/C33H33F/c1-23-5-8-29(9-6-23)21-31-19-25(3)32(26(4)20-31)18-17-28-13-11-27(12-14-28)15-16-30-10-7-24(2)33(34)22-30/h7,10-14,19-20,22-23,29H,5-6,8-9,21H2,1-4H3. The maximum absolute atomic E-state index is 13.7. The Morgan fingerprint density at radius 1 is 0.676 bits per heavy atom. The van der Waals surface area contributed by atoms with Gasteiger partial charge in [0.25, 0.3) is 0 Å². The lowest BCUT2D eigenvalue weighted by Crippen LogP contribution is -2.14. The maximum atomic E-state index is 13.7. The zero-order valence-corrected chi connectivity index (χ0v) is 20.8. The Morgan fingerprint density at radius 3 is 1.79 bits per heavy atom. The smallest absolute Gasteiger partial charge is 0.127 e. The van der Waals surface area contributed by atoms with Crippen LogP contribution in [0.1, 0.15) is 77.1 Å². The van der Waals surface area contributed by atoms with Gasteiger partial charge in [-0.3, -0.25) is 0 Å². The summed E-state index contributed by atoms with van der Waals surface area (Å²) < 4.78 is 13.7. The van der Waals surface area contributed by atoms with Crippen LogP contribution in [0.5, 0.6) is 0 Å². The predicted molar refractivity (Wildman–Crippen MR) is 140 cm³/mol. The molecule has 0 atom stereocenters. The fourth-order valence-electron chi connectivity index (χ4n) is 4.82. The van der Waals surface area contributed by atoms with Crippen molar-refractivity contribution in [1.29, 1.82) is 0 Å². The van der Waals surface area contributed by atoms with Gasteiger partial charge in [0.05, 0.1) is 0 Å². The molecular formula is C33H33F. The summed E-state index contributed by atoms with van der Waals surface area (Å²) in [6.07, 6.45) is 6.67. The lowest BCUT2D eigenvalue weighted by Gasteiger charge is -2.26. The van der Waals surface area contributed by atoms with Crippen LogP contribution in [-0.2, 0) is 6.42 Å². The molecule has 0 N–H and O–H groups in total. The second kappa shape index (κ2) is 10.8. The number of halogens is 1. The van der Waals surface area contributed by atoms with Gasteiger partial charge in [-0.05, 0) is 111 Å². The van der Waals surface area contributed by atoms with Crippen molar-refractivity contribution in [3.05, 3.63) is 105 Å². The van der Waals surface area contributed by atoms with Gasteiger partial charge in [-0.25, -0.2) is 4.39 Å². The quantitative estimate of drug-likeness (QED) is 0.349. The van der Waals surface area contributed by atoms with Crippen LogP contribution in [0.2, 0.25) is 0 Å². The van der Waals surface area contributed by atoms with Crippen LogP contribution in [0, 0.1) is 62.1 Å². The highest BCUT2D eigenvalue weighted by Gasteiger charge is 2.18. The molecule has 0 amide bonds. The Labute approximate surface area is 204 Å². The Kier molecular flexibility index (Phi) is 7.55. The third-order valence-electron chi connectivity index (χ3n) is 6.99. The molecule has 0 unspecified atom stereocenters. The van der Waals surface area contributed by atoms with Gasteiger partial charge in [0.1, 0.15) is 5.82 Å². The molecule has 0 aromatic heterocycles. The van der Waals surface area contributed by atoms with Crippen molar-refractivity contribution in [2.75, 3.05) is 0 Å². The van der Waals surface area contributed by atoms with Crippen LogP contribution in [-0.4, -0.2) is 0 Å². The molecule has 4 rings (SSSR count). The van der Waals surface area contributed by atoms with Crippen LogP contribution >= 0.6 is 0 Å². The second-order valence-corrected chi connectivity index (χ2v) is 9.98. The molecule has 34 heavy (non-hydrogen) atoms. The summed E-state index contributed by atoms with van der Waals surface area (Å²) in [7, 11) is 0. The van der Waals surface area contributed by atoms with E-state index in [1.165, 1.54) is 54.9 Å². The highest BCUT2D eigenvalue weighted by Crippen LogP contribution is 2.31. The van der Waals surface area contributed by atoms with E-state index in [0.29, 0.717) is 11.1 Å². The molecule has 0 bridgehead atoms. The Bertz CT molecular complexity index is 1260. The zero-order valence-electron chi connectivity index (χ0n) is 20.8. The van der Waals surface area contributed by atoms with E-state index in [1.807, 2.05) is 30.3 Å². The average Bonchev–Trinajstić information content (AvgIpc) is 2.81. The predicted octanol–water partition coefficient (Wildman–Crippen LogP) is 7.92. The first-order valence-electron chi connectivity index (χ1n) is 12.4. The van der Waals surface area contributed by atoms with Gasteiger partial charge in [0.2, 0.25) is 0 Å². The molecule has 1 aliphatic carbocycles. The first-order chi connectivity index (χ1) is 16.4. The molecule has 1 aliphatic rings. The molecule has 0 spiro atoms. The average molecular weight is 449 g/mol. The minimum atomic E-state index is -0.223. The number of benzene rings is 3. The van der Waals surface area contributed by atoms with Crippen molar-refractivity contribution in [1.82, 2.24) is 0 Å². The highest BCUT2D eigenvalue weighted by atomic mass is 19.1. The molecule has 0 saturated heterocycles. The molecule has 1 fully saturated rings. The Morgan fingerprint density at radius 2 is 1.21 bits per heavy atom. The summed E-state index contributed by atoms with van der Waals surface area (Å²) in [5.41, 5.74) is 8.28. The first kappa shape index (κ1) is 23.9. The van der Waals surface area contributed by atoms with Gasteiger partial charge >= 0.3 is 0 Å². The van der Waals surface area contributed by atoms with Gasteiger partial charge in [0, 0.05) is 22.3 Å². The molecule has 172 valence electrons. The normalized spacial score (nSPS) is 17.3. The summed E-state index contributed by atoms with van der Waals surface area (Å²) >= 11 is 0. The summed E-state index contributed by atoms with van der Waals surface area (Å²) in [6.45, 7) is 8.49. The van der Waals surface area contributed by atoms with Crippen LogP contribution in [0.25, 0.3) is 0 Å². The van der Waals surface area contributed by atoms with E-state index in [2.05, 4.69) is 56.6 Å². The number of aryl methyl sites for hydroxylation is 3. The molecule has 3 aromatic rings.